The van der Waals surface area contributed by atoms with Gasteiger partial charge in [0, 0.05) is 35.8 Å². The van der Waals surface area contributed by atoms with Crippen LogP contribution in [0.4, 0.5) is 0 Å². The first-order valence-corrected chi connectivity index (χ1v) is 9.55. The zero-order valence-electron chi connectivity index (χ0n) is 16.3. The van der Waals surface area contributed by atoms with Gasteiger partial charge in [-0.1, -0.05) is 17.7 Å². The van der Waals surface area contributed by atoms with Gasteiger partial charge in [0.15, 0.2) is 5.78 Å². The van der Waals surface area contributed by atoms with E-state index < -0.39 is 0 Å². The van der Waals surface area contributed by atoms with E-state index in [9.17, 15) is 4.79 Å². The highest BCUT2D eigenvalue weighted by molar-refractivity contribution is 5.99. The van der Waals surface area contributed by atoms with Crippen LogP contribution in [0.5, 0.6) is 0 Å². The lowest BCUT2D eigenvalue weighted by Gasteiger charge is -2.28. The summed E-state index contributed by atoms with van der Waals surface area (Å²) in [4.78, 5) is 12.8. The van der Waals surface area contributed by atoms with E-state index in [-0.39, 0.29) is 5.78 Å². The van der Waals surface area contributed by atoms with Gasteiger partial charge in [-0.25, -0.2) is 0 Å². The lowest BCUT2D eigenvalue weighted by atomic mass is 9.93. The molecule has 4 nitrogen and oxygen atoms in total. The van der Waals surface area contributed by atoms with Crippen LogP contribution in [-0.4, -0.2) is 36.2 Å². The maximum atomic E-state index is 12.8. The summed E-state index contributed by atoms with van der Waals surface area (Å²) in [5.74, 6) is 0.172. The number of ether oxygens (including phenoxy) is 1. The number of methoxy groups -OCH3 is 1. The number of benzene rings is 1. The number of hydrogen-bond donors (Lipinski definition) is 1. The standard InChI is InChI=1S/C22H30N2O2/c1-15-5-9-19(10-6-15)24-16(2)13-21(17(24)3)22(25)14-23-18-7-11-20(26-4)12-8-18/h5-6,9-10,13,18,20,23H,7-8,11-12,14H2,1-4H3. The minimum Gasteiger partial charge on any atom is -0.381 e. The highest BCUT2D eigenvalue weighted by atomic mass is 16.5. The maximum absolute atomic E-state index is 12.8. The van der Waals surface area contributed by atoms with Crippen LogP contribution in [-0.2, 0) is 4.74 Å². The highest BCUT2D eigenvalue weighted by Crippen LogP contribution is 2.23. The van der Waals surface area contributed by atoms with E-state index in [0.29, 0.717) is 18.7 Å². The molecule has 1 aliphatic carbocycles. The molecule has 2 aromatic rings. The van der Waals surface area contributed by atoms with Crippen molar-refractivity contribution in [3.63, 3.8) is 0 Å². The van der Waals surface area contributed by atoms with Crippen molar-refractivity contribution in [3.05, 3.63) is 52.8 Å². The van der Waals surface area contributed by atoms with Crippen LogP contribution in [0.3, 0.4) is 0 Å². The van der Waals surface area contributed by atoms with E-state index in [1.165, 1.54) is 5.56 Å². The van der Waals surface area contributed by atoms with Crippen molar-refractivity contribution >= 4 is 5.78 Å². The lowest BCUT2D eigenvalue weighted by Crippen LogP contribution is -2.38. The zero-order chi connectivity index (χ0) is 18.7. The molecule has 1 saturated carbocycles. The second-order valence-electron chi connectivity index (χ2n) is 7.47. The number of aryl methyl sites for hydroxylation is 2. The summed E-state index contributed by atoms with van der Waals surface area (Å²) >= 11 is 0. The molecular weight excluding hydrogens is 324 g/mol. The van der Waals surface area contributed by atoms with Crippen LogP contribution in [0.2, 0.25) is 0 Å². The van der Waals surface area contributed by atoms with Gasteiger partial charge in [0.1, 0.15) is 0 Å². The summed E-state index contributed by atoms with van der Waals surface area (Å²) in [6.45, 7) is 6.58. The zero-order valence-corrected chi connectivity index (χ0v) is 16.3. The maximum Gasteiger partial charge on any atom is 0.178 e. The Labute approximate surface area is 156 Å². The number of aromatic nitrogens is 1. The van der Waals surface area contributed by atoms with Gasteiger partial charge in [0.25, 0.3) is 0 Å². The lowest BCUT2D eigenvalue weighted by molar-refractivity contribution is 0.0622. The molecule has 1 aromatic heterocycles. The fourth-order valence-corrected chi connectivity index (χ4v) is 3.97. The van der Waals surface area contributed by atoms with E-state index in [1.807, 2.05) is 13.0 Å². The molecule has 0 spiro atoms. The fraction of sp³-hybridized carbons (Fsp3) is 0.500. The van der Waals surface area contributed by atoms with E-state index in [0.717, 1.165) is 48.3 Å². The van der Waals surface area contributed by atoms with Gasteiger partial charge in [-0.3, -0.25) is 4.79 Å². The van der Waals surface area contributed by atoms with Crippen molar-refractivity contribution in [3.8, 4) is 5.69 Å². The first kappa shape index (κ1) is 18.9. The topological polar surface area (TPSA) is 43.3 Å². The first-order valence-electron chi connectivity index (χ1n) is 9.55. The Bertz CT molecular complexity index is 753. The van der Waals surface area contributed by atoms with E-state index in [1.54, 1.807) is 7.11 Å². The van der Waals surface area contributed by atoms with Crippen LogP contribution in [0, 0.1) is 20.8 Å². The van der Waals surface area contributed by atoms with Gasteiger partial charge in [0.2, 0.25) is 0 Å². The Morgan fingerprint density at radius 2 is 1.77 bits per heavy atom. The minimum atomic E-state index is 0.172. The number of carbonyl (C=O) groups excluding carboxylic acids is 1. The number of nitrogens with zero attached hydrogens (tertiary/aromatic N) is 1. The van der Waals surface area contributed by atoms with Crippen LogP contribution < -0.4 is 5.32 Å². The van der Waals surface area contributed by atoms with Gasteiger partial charge in [-0.15, -0.1) is 0 Å². The average molecular weight is 354 g/mol. The molecule has 1 heterocycles. The van der Waals surface area contributed by atoms with Crippen molar-refractivity contribution in [1.82, 2.24) is 9.88 Å². The first-order chi connectivity index (χ1) is 12.5. The summed E-state index contributed by atoms with van der Waals surface area (Å²) in [6, 6.07) is 10.9. The minimum absolute atomic E-state index is 0.172. The summed E-state index contributed by atoms with van der Waals surface area (Å²) < 4.78 is 7.58. The van der Waals surface area contributed by atoms with Crippen molar-refractivity contribution in [1.29, 1.82) is 0 Å². The van der Waals surface area contributed by atoms with Gasteiger partial charge in [0.05, 0.1) is 12.6 Å². The molecule has 3 rings (SSSR count). The molecule has 1 aliphatic rings. The number of nitrogens with one attached hydrogen (secondary N) is 1. The third-order valence-electron chi connectivity index (χ3n) is 5.58. The molecule has 140 valence electrons. The third-order valence-corrected chi connectivity index (χ3v) is 5.58. The molecule has 4 heteroatoms. The monoisotopic (exact) mass is 354 g/mol. The highest BCUT2D eigenvalue weighted by Gasteiger charge is 2.22. The quantitative estimate of drug-likeness (QED) is 0.793. The summed E-state index contributed by atoms with van der Waals surface area (Å²) in [6.07, 6.45) is 4.69. The Kier molecular flexibility index (Phi) is 5.94. The number of carbonyl (C=O) groups is 1. The van der Waals surface area contributed by atoms with Crippen LogP contribution >= 0.6 is 0 Å². The van der Waals surface area contributed by atoms with Crippen molar-refractivity contribution in [2.24, 2.45) is 0 Å². The summed E-state index contributed by atoms with van der Waals surface area (Å²) in [7, 11) is 1.78. The normalized spacial score (nSPS) is 20.3. The summed E-state index contributed by atoms with van der Waals surface area (Å²) in [5.41, 5.74) is 5.27. The second-order valence-corrected chi connectivity index (χ2v) is 7.47. The molecule has 0 aliphatic heterocycles. The largest absolute Gasteiger partial charge is 0.381 e. The number of hydrogen-bond acceptors (Lipinski definition) is 3. The van der Waals surface area contributed by atoms with Gasteiger partial charge >= 0.3 is 0 Å². The average Bonchev–Trinajstić information content (AvgIpc) is 2.95. The Morgan fingerprint density at radius 3 is 2.38 bits per heavy atom. The van der Waals surface area contributed by atoms with Crippen molar-refractivity contribution in [2.45, 2.75) is 58.6 Å². The van der Waals surface area contributed by atoms with Crippen LogP contribution in [0.15, 0.2) is 30.3 Å². The Hall–Kier alpha value is -1.91. The molecule has 0 atom stereocenters. The van der Waals surface area contributed by atoms with Gasteiger partial charge in [-0.05, 0) is 64.7 Å². The van der Waals surface area contributed by atoms with Crippen LogP contribution in [0.25, 0.3) is 5.69 Å². The molecule has 0 bridgehead atoms. The molecule has 1 N–H and O–H groups in total. The Morgan fingerprint density at radius 1 is 1.12 bits per heavy atom. The smallest absolute Gasteiger partial charge is 0.178 e. The molecular formula is C22H30N2O2. The van der Waals surface area contributed by atoms with E-state index in [2.05, 4.69) is 48.0 Å². The predicted molar refractivity (Wildman–Crippen MR) is 105 cm³/mol. The molecule has 0 amide bonds. The van der Waals surface area contributed by atoms with E-state index in [4.69, 9.17) is 4.74 Å². The molecule has 0 saturated heterocycles. The third kappa shape index (κ3) is 4.08. The number of ketones is 1. The van der Waals surface area contributed by atoms with Gasteiger partial charge < -0.3 is 14.6 Å². The van der Waals surface area contributed by atoms with Crippen LogP contribution in [0.1, 0.15) is 53.0 Å². The molecule has 1 aromatic carbocycles. The Balaban J connectivity index is 1.67. The molecule has 0 unspecified atom stereocenters. The second kappa shape index (κ2) is 8.19. The number of Topliss-reactive ketones (excluding diaryl/α,β-unsaturated/α-hetero) is 1. The molecule has 1 fully saturated rings. The fourth-order valence-electron chi connectivity index (χ4n) is 3.97. The predicted octanol–water partition coefficient (Wildman–Crippen LogP) is 4.13. The summed E-state index contributed by atoms with van der Waals surface area (Å²) in [5, 5.41) is 3.45. The SMILES string of the molecule is COC1CCC(NCC(=O)c2cc(C)n(-c3ccc(C)cc3)c2C)CC1. The molecule has 26 heavy (non-hydrogen) atoms. The van der Waals surface area contributed by atoms with Crippen molar-refractivity contribution < 1.29 is 9.53 Å². The number of rotatable bonds is 6. The van der Waals surface area contributed by atoms with E-state index >= 15 is 0 Å². The van der Waals surface area contributed by atoms with Gasteiger partial charge in [-0.2, -0.15) is 0 Å². The van der Waals surface area contributed by atoms with Crippen molar-refractivity contribution in [2.75, 3.05) is 13.7 Å². The molecule has 0 radical (unpaired) electrons.